The van der Waals surface area contributed by atoms with Gasteiger partial charge in [-0.25, -0.2) is 9.59 Å². The van der Waals surface area contributed by atoms with E-state index >= 15 is 0 Å². The number of fused-ring (bicyclic) bond motifs is 5. The summed E-state index contributed by atoms with van der Waals surface area (Å²) in [6.45, 7) is 9.72. The number of nitrogens with one attached hydrogen (secondary N) is 2. The highest BCUT2D eigenvalue weighted by Gasteiger charge is 2.64. The first-order chi connectivity index (χ1) is 26.6. The number of allylic oxidation sites excluding steroid dienone is 3. The summed E-state index contributed by atoms with van der Waals surface area (Å²) in [5.41, 5.74) is 8.05. The maximum atomic E-state index is 14.2. The number of benzene rings is 2. The van der Waals surface area contributed by atoms with Gasteiger partial charge < -0.3 is 49.1 Å². The molecule has 0 saturated carbocycles. The number of epoxide rings is 1. The third-order valence-corrected chi connectivity index (χ3v) is 11.5. The zero-order chi connectivity index (χ0) is 40.5. The Morgan fingerprint density at radius 3 is 2.55 bits per heavy atom. The summed E-state index contributed by atoms with van der Waals surface area (Å²) in [5.74, 6) is -0.549. The monoisotopic (exact) mass is 797 g/mol. The minimum Gasteiger partial charge on any atom is -0.495 e. The molecule has 304 valence electrons. The first-order valence-electron chi connectivity index (χ1n) is 18.7. The number of aryl methyl sites for hydroxylation is 1. The summed E-state index contributed by atoms with van der Waals surface area (Å²) in [5, 5.41) is 17.4. The quantitative estimate of drug-likeness (QED) is 0.232. The van der Waals surface area contributed by atoms with Crippen molar-refractivity contribution in [1.29, 1.82) is 0 Å². The van der Waals surface area contributed by atoms with Crippen molar-refractivity contribution in [3.63, 3.8) is 0 Å². The van der Waals surface area contributed by atoms with E-state index in [1.54, 1.807) is 44.3 Å². The topological polar surface area (TPSA) is 187 Å². The number of nitrogens with zero attached hydrogens (tertiary/aromatic N) is 2. The molecule has 0 radical (unpaired) electrons. The second-order valence-electron chi connectivity index (χ2n) is 15.1. The van der Waals surface area contributed by atoms with Gasteiger partial charge in [0.25, 0.3) is 0 Å². The van der Waals surface area contributed by atoms with Crippen molar-refractivity contribution < 1.29 is 47.9 Å². The van der Waals surface area contributed by atoms with E-state index in [9.17, 15) is 19.5 Å². The van der Waals surface area contributed by atoms with Crippen LogP contribution in [-0.2, 0) is 34.9 Å². The number of morpholine rings is 1. The van der Waals surface area contributed by atoms with Gasteiger partial charge in [-0.05, 0) is 62.6 Å². The highest BCUT2D eigenvalue weighted by molar-refractivity contribution is 6.35. The van der Waals surface area contributed by atoms with Crippen LogP contribution in [0.15, 0.2) is 48.1 Å². The lowest BCUT2D eigenvalue weighted by Crippen LogP contribution is -2.63. The molecule has 4 aliphatic rings. The van der Waals surface area contributed by atoms with Crippen LogP contribution in [0.3, 0.4) is 0 Å². The molecular weight excluding hydrogens is 746 g/mol. The number of anilines is 4. The number of aliphatic hydroxyl groups is 1. The van der Waals surface area contributed by atoms with Crippen LogP contribution in [0.25, 0.3) is 0 Å². The molecule has 7 atom stereocenters. The van der Waals surface area contributed by atoms with Crippen LogP contribution in [-0.4, -0.2) is 107 Å². The van der Waals surface area contributed by atoms with Crippen molar-refractivity contribution >= 4 is 52.4 Å². The van der Waals surface area contributed by atoms with Crippen LogP contribution in [0.2, 0.25) is 5.02 Å². The number of hydrogen-bond donors (Lipinski definition) is 4. The van der Waals surface area contributed by atoms with E-state index in [2.05, 4.69) is 15.5 Å². The summed E-state index contributed by atoms with van der Waals surface area (Å²) < 4.78 is 34.9. The maximum Gasteiger partial charge on any atom is 0.412 e. The third kappa shape index (κ3) is 8.56. The third-order valence-electron chi connectivity index (χ3n) is 11.2. The average molecular weight is 798 g/mol. The predicted molar refractivity (Wildman–Crippen MR) is 211 cm³/mol. The van der Waals surface area contributed by atoms with Crippen molar-refractivity contribution in [2.75, 3.05) is 68.4 Å². The van der Waals surface area contributed by atoms with Crippen LogP contribution in [0.4, 0.5) is 32.3 Å². The Balaban J connectivity index is 1.35. The lowest BCUT2D eigenvalue weighted by molar-refractivity contribution is -0.142. The van der Waals surface area contributed by atoms with E-state index in [4.69, 9.17) is 45.8 Å². The lowest BCUT2D eigenvalue weighted by atomic mass is 9.83. The van der Waals surface area contributed by atoms with Crippen LogP contribution in [0.5, 0.6) is 5.75 Å². The van der Waals surface area contributed by atoms with Crippen LogP contribution < -0.4 is 30.9 Å². The van der Waals surface area contributed by atoms with E-state index in [0.717, 1.165) is 16.8 Å². The molecule has 3 fully saturated rings. The molecule has 4 aliphatic heterocycles. The van der Waals surface area contributed by atoms with Gasteiger partial charge in [-0.1, -0.05) is 42.3 Å². The van der Waals surface area contributed by atoms with Crippen molar-refractivity contribution in [3.05, 3.63) is 64.2 Å². The molecule has 2 aromatic carbocycles. The number of carbonyl (C=O) groups excluding carboxylic acids is 3. The Hall–Kier alpha value is -4.54. The van der Waals surface area contributed by atoms with E-state index in [0.29, 0.717) is 61.1 Å². The number of methoxy groups -OCH3 is 2. The molecule has 2 aromatic rings. The molecule has 0 unspecified atom stereocenters. The highest BCUT2D eigenvalue weighted by atomic mass is 35.5. The summed E-state index contributed by atoms with van der Waals surface area (Å²) in [7, 11) is 4.54. The van der Waals surface area contributed by atoms with Gasteiger partial charge in [-0.15, -0.1) is 0 Å². The fourth-order valence-corrected chi connectivity index (χ4v) is 8.12. The fraction of sp³-hybridized carbons (Fsp3) is 0.525. The Morgan fingerprint density at radius 2 is 1.86 bits per heavy atom. The number of ether oxygens (including phenoxy) is 6. The van der Waals surface area contributed by atoms with Crippen LogP contribution >= 0.6 is 11.6 Å². The van der Waals surface area contributed by atoms with E-state index in [-0.39, 0.29) is 17.9 Å². The van der Waals surface area contributed by atoms with Crippen molar-refractivity contribution in [2.45, 2.75) is 82.7 Å². The highest BCUT2D eigenvalue weighted by Crippen LogP contribution is 2.49. The number of rotatable bonds is 5. The number of halogens is 1. The summed E-state index contributed by atoms with van der Waals surface area (Å²) in [6.07, 6.45) is 0.242. The maximum absolute atomic E-state index is 14.2. The molecule has 6 rings (SSSR count). The molecule has 4 bridgehead atoms. The molecule has 4 heterocycles. The van der Waals surface area contributed by atoms with Crippen LogP contribution in [0, 0.1) is 12.8 Å². The molecule has 0 aromatic heterocycles. The van der Waals surface area contributed by atoms with Crippen LogP contribution in [0.1, 0.15) is 44.7 Å². The van der Waals surface area contributed by atoms with E-state index < -0.39 is 59.8 Å². The van der Waals surface area contributed by atoms with Gasteiger partial charge in [-0.2, -0.15) is 0 Å². The Morgan fingerprint density at radius 1 is 1.12 bits per heavy atom. The number of nitrogen functional groups attached to an aromatic ring is 1. The number of hydrogen-bond acceptors (Lipinski definition) is 12. The van der Waals surface area contributed by atoms with Crippen molar-refractivity contribution in [1.82, 2.24) is 5.32 Å². The zero-order valence-corrected chi connectivity index (χ0v) is 33.6. The number of nitrogens with two attached hydrogens (primary N) is 1. The Kier molecular flexibility index (Phi) is 12.1. The molecular formula is C40H52ClN5O10. The molecule has 16 heteroatoms. The molecule has 3 amide bonds. The van der Waals surface area contributed by atoms with Gasteiger partial charge in [0.1, 0.15) is 34.7 Å². The molecule has 5 N–H and O–H groups in total. The first kappa shape index (κ1) is 41.1. The minimum absolute atomic E-state index is 0.0406. The average Bonchev–Trinajstić information content (AvgIpc) is 3.85. The second-order valence-corrected chi connectivity index (χ2v) is 15.5. The van der Waals surface area contributed by atoms with Gasteiger partial charge >= 0.3 is 12.2 Å². The number of carbonyl (C=O) groups is 3. The molecule has 56 heavy (non-hydrogen) atoms. The molecule has 3 saturated heterocycles. The van der Waals surface area contributed by atoms with Crippen molar-refractivity contribution in [3.8, 4) is 5.75 Å². The number of alkyl carbamates (subject to hydrolysis) is 1. The second kappa shape index (κ2) is 16.5. The van der Waals surface area contributed by atoms with Gasteiger partial charge in [0.05, 0.1) is 49.9 Å². The molecule has 0 spiro atoms. The van der Waals surface area contributed by atoms with E-state index in [1.807, 2.05) is 32.9 Å². The summed E-state index contributed by atoms with van der Waals surface area (Å²) in [6, 6.07) is 7.20. The largest absolute Gasteiger partial charge is 0.495 e. The Bertz CT molecular complexity index is 1900. The summed E-state index contributed by atoms with van der Waals surface area (Å²) in [4.78, 5) is 44.5. The molecule has 0 aliphatic carbocycles. The normalized spacial score (nSPS) is 31.2. The van der Waals surface area contributed by atoms with Gasteiger partial charge in [0.15, 0.2) is 5.72 Å². The number of amides is 3. The lowest BCUT2D eigenvalue weighted by Gasteiger charge is -2.42. The van der Waals surface area contributed by atoms with Gasteiger partial charge in [0.2, 0.25) is 5.91 Å². The Labute approximate surface area is 332 Å². The minimum atomic E-state index is -1.82. The smallest absolute Gasteiger partial charge is 0.412 e. The zero-order valence-electron chi connectivity index (χ0n) is 32.8. The fourth-order valence-electron chi connectivity index (χ4n) is 7.81. The van der Waals surface area contributed by atoms with Gasteiger partial charge in [-0.3, -0.25) is 15.4 Å². The molecule has 15 nitrogen and oxygen atoms in total. The van der Waals surface area contributed by atoms with E-state index in [1.165, 1.54) is 19.1 Å². The first-order valence-corrected chi connectivity index (χ1v) is 19.0. The summed E-state index contributed by atoms with van der Waals surface area (Å²) >= 11 is 6.80. The van der Waals surface area contributed by atoms with Gasteiger partial charge in [0, 0.05) is 45.3 Å². The van der Waals surface area contributed by atoms with Crippen molar-refractivity contribution in [2.24, 2.45) is 5.92 Å². The standard InChI is InChI=1S/C40H52ClN5O10/c1-22-9-8-10-32(52-7)40(50)21-31(54-38(49)44-40)24(3)36-39(4,56-36)33(20-34(47)45(5)29-17-25(15-22)18-30(51-6)35(29)41)55-37(48)43-27-19-28(26(42)16-23(27)2)46-11-13-53-14-12-46/h8-10,16-19,24,31-33,36,50H,11-15,20-21,42H2,1-7H3,(H,43,48)(H,44,49)/b10-8+,22-9+/t24-,31+,32-,33+,36+,39+,40+/m1/s1. The SMILES string of the molecule is COc1cc2cc(c1Cl)N(C)C(=O)C[C@H](OC(=O)Nc1cc(N3CCOCC3)c(N)cc1C)[C@]1(C)O[C@H]1[C@H](C)[C@@H]1C[C@@](O)(NC(=O)O1)[C@H](OC)/C=C/C=C(\C)C2. The predicted octanol–water partition coefficient (Wildman–Crippen LogP) is 5.10.